The summed E-state index contributed by atoms with van der Waals surface area (Å²) in [7, 11) is 0. The standard InChI is InChI=1S/C9H13ClN2O2/c1-2-8-11-7(10)6-9(14)12(8)4-3-5-13/h6,13H,2-5H2,1H3. The minimum Gasteiger partial charge on any atom is -0.396 e. The number of nitrogens with zero attached hydrogens (tertiary/aromatic N) is 2. The van der Waals surface area contributed by atoms with Gasteiger partial charge in [0, 0.05) is 25.6 Å². The molecule has 0 aliphatic rings. The third-order valence-corrected chi connectivity index (χ3v) is 2.11. The van der Waals surface area contributed by atoms with Crippen LogP contribution in [-0.4, -0.2) is 21.3 Å². The van der Waals surface area contributed by atoms with Crippen molar-refractivity contribution in [1.29, 1.82) is 0 Å². The smallest absolute Gasteiger partial charge is 0.254 e. The summed E-state index contributed by atoms with van der Waals surface area (Å²) >= 11 is 5.66. The first-order chi connectivity index (χ1) is 6.69. The number of aromatic nitrogens is 2. The molecule has 5 heteroatoms. The van der Waals surface area contributed by atoms with Crippen LogP contribution in [0.25, 0.3) is 0 Å². The van der Waals surface area contributed by atoms with Gasteiger partial charge in [0.25, 0.3) is 5.56 Å². The number of rotatable bonds is 4. The zero-order valence-corrected chi connectivity index (χ0v) is 8.79. The second kappa shape index (κ2) is 5.12. The molecular weight excluding hydrogens is 204 g/mol. The summed E-state index contributed by atoms with van der Waals surface area (Å²) in [5.74, 6) is 0.663. The molecule has 0 amide bonds. The number of halogens is 1. The lowest BCUT2D eigenvalue weighted by Crippen LogP contribution is -2.24. The fourth-order valence-corrected chi connectivity index (χ4v) is 1.45. The average Bonchev–Trinajstić information content (AvgIpc) is 2.15. The summed E-state index contributed by atoms with van der Waals surface area (Å²) < 4.78 is 1.54. The van der Waals surface area contributed by atoms with Crippen molar-refractivity contribution in [3.05, 3.63) is 27.4 Å². The van der Waals surface area contributed by atoms with Crippen LogP contribution in [-0.2, 0) is 13.0 Å². The Morgan fingerprint density at radius 3 is 2.93 bits per heavy atom. The molecule has 1 heterocycles. The van der Waals surface area contributed by atoms with Gasteiger partial charge in [-0.05, 0) is 6.42 Å². The Hall–Kier alpha value is -0.870. The Kier molecular flexibility index (Phi) is 4.10. The predicted octanol–water partition coefficient (Wildman–Crippen LogP) is 0.841. The van der Waals surface area contributed by atoms with Crippen molar-refractivity contribution in [2.24, 2.45) is 0 Å². The van der Waals surface area contributed by atoms with Crippen molar-refractivity contribution in [3.63, 3.8) is 0 Å². The first kappa shape index (κ1) is 11.2. The molecule has 1 rings (SSSR count). The maximum atomic E-state index is 11.5. The Morgan fingerprint density at radius 2 is 2.36 bits per heavy atom. The van der Waals surface area contributed by atoms with Crippen molar-refractivity contribution < 1.29 is 5.11 Å². The molecule has 0 saturated heterocycles. The van der Waals surface area contributed by atoms with Gasteiger partial charge in [-0.2, -0.15) is 0 Å². The van der Waals surface area contributed by atoms with E-state index < -0.39 is 0 Å². The molecule has 0 saturated carbocycles. The predicted molar refractivity (Wildman–Crippen MR) is 54.6 cm³/mol. The van der Waals surface area contributed by atoms with Crippen molar-refractivity contribution in [2.75, 3.05) is 6.61 Å². The van der Waals surface area contributed by atoms with E-state index in [9.17, 15) is 4.79 Å². The molecule has 0 bridgehead atoms. The Labute approximate surface area is 87.2 Å². The number of hydrogen-bond donors (Lipinski definition) is 1. The van der Waals surface area contributed by atoms with Crippen LogP contribution in [0.4, 0.5) is 0 Å². The molecule has 1 aromatic rings. The second-order valence-electron chi connectivity index (χ2n) is 2.92. The third kappa shape index (κ3) is 2.56. The molecule has 4 nitrogen and oxygen atoms in total. The van der Waals surface area contributed by atoms with Crippen molar-refractivity contribution >= 4 is 11.6 Å². The summed E-state index contributed by atoms with van der Waals surface area (Å²) in [4.78, 5) is 15.5. The van der Waals surface area contributed by atoms with Crippen molar-refractivity contribution in [3.8, 4) is 0 Å². The van der Waals surface area contributed by atoms with Crippen LogP contribution in [0.15, 0.2) is 10.9 Å². The summed E-state index contributed by atoms with van der Waals surface area (Å²) in [6, 6.07) is 1.29. The number of aryl methyl sites for hydroxylation is 1. The van der Waals surface area contributed by atoms with Gasteiger partial charge in [-0.1, -0.05) is 18.5 Å². The van der Waals surface area contributed by atoms with Gasteiger partial charge in [0.15, 0.2) is 0 Å². The maximum Gasteiger partial charge on any atom is 0.254 e. The van der Waals surface area contributed by atoms with E-state index in [1.54, 1.807) is 4.57 Å². The molecule has 1 aromatic heterocycles. The SMILES string of the molecule is CCc1nc(Cl)cc(=O)n1CCCO. The van der Waals surface area contributed by atoms with Crippen molar-refractivity contribution in [2.45, 2.75) is 26.3 Å². The van der Waals surface area contributed by atoms with Gasteiger partial charge in [0.1, 0.15) is 11.0 Å². The highest BCUT2D eigenvalue weighted by atomic mass is 35.5. The van der Waals surface area contributed by atoms with Crippen LogP contribution < -0.4 is 5.56 Å². The van der Waals surface area contributed by atoms with E-state index in [0.29, 0.717) is 25.2 Å². The van der Waals surface area contributed by atoms with Crippen LogP contribution in [0.1, 0.15) is 19.2 Å². The monoisotopic (exact) mass is 216 g/mol. The molecule has 0 aliphatic carbocycles. The topological polar surface area (TPSA) is 55.1 Å². The fourth-order valence-electron chi connectivity index (χ4n) is 1.26. The number of aliphatic hydroxyl groups is 1. The van der Waals surface area contributed by atoms with Gasteiger partial charge < -0.3 is 5.11 Å². The highest BCUT2D eigenvalue weighted by Gasteiger charge is 2.05. The summed E-state index contributed by atoms with van der Waals surface area (Å²) in [6.45, 7) is 2.47. The zero-order valence-electron chi connectivity index (χ0n) is 8.03. The second-order valence-corrected chi connectivity index (χ2v) is 3.30. The van der Waals surface area contributed by atoms with Gasteiger partial charge in [0.2, 0.25) is 0 Å². The van der Waals surface area contributed by atoms with Crippen LogP contribution >= 0.6 is 11.6 Å². The molecule has 0 spiro atoms. The molecule has 0 aliphatic heterocycles. The summed E-state index contributed by atoms with van der Waals surface area (Å²) in [5.41, 5.74) is -0.157. The van der Waals surface area contributed by atoms with Gasteiger partial charge >= 0.3 is 0 Å². The van der Waals surface area contributed by atoms with E-state index in [4.69, 9.17) is 16.7 Å². The van der Waals surface area contributed by atoms with Crippen molar-refractivity contribution in [1.82, 2.24) is 9.55 Å². The fraction of sp³-hybridized carbons (Fsp3) is 0.556. The van der Waals surface area contributed by atoms with Crippen LogP contribution in [0.3, 0.4) is 0 Å². The van der Waals surface area contributed by atoms with E-state index in [2.05, 4.69) is 4.98 Å². The molecule has 78 valence electrons. The van der Waals surface area contributed by atoms with Gasteiger partial charge in [-0.15, -0.1) is 0 Å². The van der Waals surface area contributed by atoms with Gasteiger partial charge in [-0.25, -0.2) is 4.98 Å². The molecule has 0 radical (unpaired) electrons. The largest absolute Gasteiger partial charge is 0.396 e. The lowest BCUT2D eigenvalue weighted by molar-refractivity contribution is 0.278. The molecule has 1 N–H and O–H groups in total. The normalized spacial score (nSPS) is 10.5. The minimum absolute atomic E-state index is 0.0677. The highest BCUT2D eigenvalue weighted by Crippen LogP contribution is 2.03. The Bertz CT molecular complexity index is 362. The molecule has 0 fully saturated rings. The lowest BCUT2D eigenvalue weighted by atomic mass is 10.3. The van der Waals surface area contributed by atoms with Crippen LogP contribution in [0.2, 0.25) is 5.15 Å². The average molecular weight is 217 g/mol. The zero-order chi connectivity index (χ0) is 10.6. The summed E-state index contributed by atoms with van der Waals surface area (Å²) in [6.07, 6.45) is 1.21. The Balaban J connectivity index is 3.06. The van der Waals surface area contributed by atoms with E-state index in [1.165, 1.54) is 6.07 Å². The third-order valence-electron chi connectivity index (χ3n) is 1.91. The van der Waals surface area contributed by atoms with E-state index >= 15 is 0 Å². The quantitative estimate of drug-likeness (QED) is 0.759. The minimum atomic E-state index is -0.157. The van der Waals surface area contributed by atoms with Gasteiger partial charge in [-0.3, -0.25) is 9.36 Å². The number of hydrogen-bond acceptors (Lipinski definition) is 3. The molecule has 0 aromatic carbocycles. The van der Waals surface area contributed by atoms with Crippen LogP contribution in [0, 0.1) is 0 Å². The number of aliphatic hydroxyl groups excluding tert-OH is 1. The first-order valence-corrected chi connectivity index (χ1v) is 4.94. The van der Waals surface area contributed by atoms with Gasteiger partial charge in [0.05, 0.1) is 0 Å². The Morgan fingerprint density at radius 1 is 1.64 bits per heavy atom. The molecule has 0 unspecified atom stereocenters. The highest BCUT2D eigenvalue weighted by molar-refractivity contribution is 6.29. The van der Waals surface area contributed by atoms with E-state index in [0.717, 1.165) is 0 Å². The van der Waals surface area contributed by atoms with E-state index in [-0.39, 0.29) is 17.3 Å². The summed E-state index contributed by atoms with van der Waals surface area (Å²) in [5, 5.41) is 8.90. The van der Waals surface area contributed by atoms with E-state index in [1.807, 2.05) is 6.92 Å². The molecule has 0 atom stereocenters. The lowest BCUT2D eigenvalue weighted by Gasteiger charge is -2.09. The van der Waals surface area contributed by atoms with Crippen LogP contribution in [0.5, 0.6) is 0 Å². The molecular formula is C9H13ClN2O2. The maximum absolute atomic E-state index is 11.5. The molecule has 14 heavy (non-hydrogen) atoms. The first-order valence-electron chi connectivity index (χ1n) is 4.56.